The van der Waals surface area contributed by atoms with Gasteiger partial charge in [-0.1, -0.05) is 0 Å². The highest BCUT2D eigenvalue weighted by Gasteiger charge is 2.33. The van der Waals surface area contributed by atoms with E-state index in [9.17, 15) is 4.79 Å². The predicted octanol–water partition coefficient (Wildman–Crippen LogP) is 3.84. The number of hydrogen-bond acceptors (Lipinski definition) is 5. The van der Waals surface area contributed by atoms with E-state index in [4.69, 9.17) is 24.7 Å². The Labute approximate surface area is 127 Å². The van der Waals surface area contributed by atoms with Crippen LogP contribution in [0, 0.1) is 0 Å². The van der Waals surface area contributed by atoms with E-state index in [1.165, 1.54) is 0 Å². The van der Waals surface area contributed by atoms with Crippen LogP contribution in [0.2, 0.25) is 0 Å². The minimum Gasteiger partial charge on any atom is -0.481 e. The Morgan fingerprint density at radius 2 is 1.24 bits per heavy atom. The molecule has 0 aliphatic rings. The largest absolute Gasteiger partial charge is 0.481 e. The lowest BCUT2D eigenvalue weighted by atomic mass is 10.1. The van der Waals surface area contributed by atoms with E-state index in [1.807, 2.05) is 41.5 Å². The fourth-order valence-corrected chi connectivity index (χ4v) is 1.25. The number of rotatable bonds is 9. The Kier molecular flexibility index (Phi) is 7.81. The van der Waals surface area contributed by atoms with Crippen molar-refractivity contribution in [2.75, 3.05) is 0 Å². The molecule has 0 aromatic carbocycles. The molecule has 0 aliphatic heterocycles. The van der Waals surface area contributed by atoms with E-state index in [1.54, 1.807) is 6.92 Å². The Morgan fingerprint density at radius 3 is 1.57 bits per heavy atom. The van der Waals surface area contributed by atoms with Gasteiger partial charge in [0.1, 0.15) is 0 Å². The maximum atomic E-state index is 10.5. The molecule has 0 saturated heterocycles. The molecule has 0 aliphatic carbocycles. The third-order valence-corrected chi connectivity index (χ3v) is 2.21. The van der Waals surface area contributed by atoms with Crippen molar-refractivity contribution < 1.29 is 29.5 Å². The van der Waals surface area contributed by atoms with Crippen LogP contribution in [-0.4, -0.2) is 28.1 Å². The third kappa shape index (κ3) is 12.7. The average molecular weight is 306 g/mol. The lowest BCUT2D eigenvalue weighted by molar-refractivity contribution is -0.537. The van der Waals surface area contributed by atoms with Gasteiger partial charge in [0.05, 0.1) is 11.2 Å². The summed E-state index contributed by atoms with van der Waals surface area (Å²) in [5.41, 5.74) is -0.958. The summed E-state index contributed by atoms with van der Waals surface area (Å²) in [6.07, 6.45) is 1.76. The van der Waals surface area contributed by atoms with Gasteiger partial charge in [-0.25, -0.2) is 9.78 Å². The number of hydrogen-bond donors (Lipinski definition) is 1. The molecule has 0 spiro atoms. The van der Waals surface area contributed by atoms with Crippen LogP contribution in [0.1, 0.15) is 74.1 Å². The van der Waals surface area contributed by atoms with Crippen molar-refractivity contribution >= 4 is 5.97 Å². The van der Waals surface area contributed by atoms with Gasteiger partial charge >= 0.3 is 5.97 Å². The van der Waals surface area contributed by atoms with Gasteiger partial charge in [0, 0.05) is 12.8 Å². The summed E-state index contributed by atoms with van der Waals surface area (Å²) in [7, 11) is 0. The van der Waals surface area contributed by atoms with Crippen LogP contribution in [0.4, 0.5) is 0 Å². The molecule has 0 rings (SSSR count). The van der Waals surface area contributed by atoms with Crippen LogP contribution in [0.25, 0.3) is 0 Å². The predicted molar refractivity (Wildman–Crippen MR) is 78.4 cm³/mol. The van der Waals surface area contributed by atoms with Gasteiger partial charge in [-0.05, 0) is 61.3 Å². The first kappa shape index (κ1) is 20.3. The van der Waals surface area contributed by atoms with Crippen molar-refractivity contribution in [1.29, 1.82) is 0 Å². The Bertz CT molecular complexity index is 295. The second-order valence-electron chi connectivity index (χ2n) is 7.29. The number of carboxylic acid groups (broad SMARTS) is 1. The van der Waals surface area contributed by atoms with Gasteiger partial charge < -0.3 is 5.11 Å². The minimum absolute atomic E-state index is 0.121. The zero-order valence-corrected chi connectivity index (χ0v) is 14.3. The quantitative estimate of drug-likeness (QED) is 0.302. The van der Waals surface area contributed by atoms with E-state index >= 15 is 0 Å². The molecule has 0 radical (unpaired) electrons. The van der Waals surface area contributed by atoms with Crippen LogP contribution in [0.15, 0.2) is 0 Å². The lowest BCUT2D eigenvalue weighted by Crippen LogP contribution is -2.38. The van der Waals surface area contributed by atoms with Crippen molar-refractivity contribution in [2.24, 2.45) is 0 Å². The summed E-state index contributed by atoms with van der Waals surface area (Å²) in [6, 6.07) is 0. The third-order valence-electron chi connectivity index (χ3n) is 2.21. The van der Waals surface area contributed by atoms with Crippen LogP contribution >= 0.6 is 0 Å². The molecule has 0 heterocycles. The summed E-state index contributed by atoms with van der Waals surface area (Å²) in [5.74, 6) is -1.89. The molecule has 0 aromatic heterocycles. The topological polar surface area (TPSA) is 74.2 Å². The maximum absolute atomic E-state index is 10.5. The van der Waals surface area contributed by atoms with E-state index in [0.29, 0.717) is 19.3 Å². The fourth-order valence-electron chi connectivity index (χ4n) is 1.25. The van der Waals surface area contributed by atoms with Crippen LogP contribution in [-0.2, 0) is 24.3 Å². The summed E-state index contributed by atoms with van der Waals surface area (Å²) < 4.78 is 0. The van der Waals surface area contributed by atoms with E-state index in [-0.39, 0.29) is 6.42 Å². The highest BCUT2D eigenvalue weighted by Crippen LogP contribution is 2.26. The first-order chi connectivity index (χ1) is 9.33. The molecule has 126 valence electrons. The molecule has 0 bridgehead atoms. The molecular formula is C15H30O6. The normalized spacial score (nSPS) is 13.5. The Morgan fingerprint density at radius 1 is 0.810 bits per heavy atom. The highest BCUT2D eigenvalue weighted by molar-refractivity contribution is 5.66. The SMILES string of the molecule is CC(C)(C)OOC(C)(CCCCC(=O)O)OOC(C)(C)C. The second-order valence-corrected chi connectivity index (χ2v) is 7.29. The monoisotopic (exact) mass is 306 g/mol. The van der Waals surface area contributed by atoms with Crippen LogP contribution < -0.4 is 0 Å². The average Bonchev–Trinajstić information content (AvgIpc) is 2.28. The molecule has 1 N–H and O–H groups in total. The van der Waals surface area contributed by atoms with E-state index in [2.05, 4.69) is 0 Å². The molecular weight excluding hydrogens is 276 g/mol. The summed E-state index contributed by atoms with van der Waals surface area (Å²) >= 11 is 0. The molecule has 0 amide bonds. The van der Waals surface area contributed by atoms with Gasteiger partial charge in [-0.3, -0.25) is 4.79 Å². The zero-order valence-electron chi connectivity index (χ0n) is 14.3. The highest BCUT2D eigenvalue weighted by atomic mass is 17.3. The molecule has 6 nitrogen and oxygen atoms in total. The summed E-state index contributed by atoms with van der Waals surface area (Å²) in [4.78, 5) is 32.0. The van der Waals surface area contributed by atoms with Gasteiger partial charge in [-0.15, -0.1) is 0 Å². The van der Waals surface area contributed by atoms with Gasteiger partial charge in [0.25, 0.3) is 0 Å². The fraction of sp³-hybridized carbons (Fsp3) is 0.933. The first-order valence-electron chi connectivity index (χ1n) is 7.28. The lowest BCUT2D eigenvalue weighted by Gasteiger charge is -2.32. The van der Waals surface area contributed by atoms with E-state index < -0.39 is 23.0 Å². The number of carboxylic acids is 1. The molecule has 6 heteroatoms. The second kappa shape index (κ2) is 8.08. The minimum atomic E-state index is -1.08. The van der Waals surface area contributed by atoms with Crippen LogP contribution in [0.3, 0.4) is 0 Å². The van der Waals surface area contributed by atoms with Crippen molar-refractivity contribution in [1.82, 2.24) is 0 Å². The number of unbranched alkanes of at least 4 members (excludes halogenated alkanes) is 1. The molecule has 21 heavy (non-hydrogen) atoms. The maximum Gasteiger partial charge on any atom is 0.303 e. The van der Waals surface area contributed by atoms with E-state index in [0.717, 1.165) is 0 Å². The van der Waals surface area contributed by atoms with Gasteiger partial charge in [0.2, 0.25) is 5.79 Å². The summed E-state index contributed by atoms with van der Waals surface area (Å²) in [5, 5.41) is 8.65. The number of aliphatic carboxylic acids is 1. The van der Waals surface area contributed by atoms with Crippen molar-refractivity contribution in [2.45, 2.75) is 91.1 Å². The molecule has 0 fully saturated rings. The van der Waals surface area contributed by atoms with Crippen molar-refractivity contribution in [3.05, 3.63) is 0 Å². The van der Waals surface area contributed by atoms with Gasteiger partial charge in [0.15, 0.2) is 0 Å². The molecule has 0 unspecified atom stereocenters. The number of carbonyl (C=O) groups is 1. The molecule has 0 saturated carbocycles. The summed E-state index contributed by atoms with van der Waals surface area (Å²) in [6.45, 7) is 12.9. The smallest absolute Gasteiger partial charge is 0.303 e. The standard InChI is InChI=1S/C15H30O6/c1-13(2,3)18-20-15(7,21-19-14(4,5)6)11-9-8-10-12(16)17/h8-11H2,1-7H3,(H,16,17). The molecule has 0 atom stereocenters. The Balaban J connectivity index is 4.47. The van der Waals surface area contributed by atoms with Crippen molar-refractivity contribution in [3.8, 4) is 0 Å². The molecule has 0 aromatic rings. The first-order valence-corrected chi connectivity index (χ1v) is 7.28. The zero-order chi connectivity index (χ0) is 16.7. The van der Waals surface area contributed by atoms with Crippen molar-refractivity contribution in [3.63, 3.8) is 0 Å². The van der Waals surface area contributed by atoms with Gasteiger partial charge in [-0.2, -0.15) is 9.78 Å². The Hall–Kier alpha value is -0.690. The van der Waals surface area contributed by atoms with Crippen LogP contribution in [0.5, 0.6) is 0 Å².